The number of nitrogens with one attached hydrogen (secondary N) is 1. The molecule has 2 rings (SSSR count). The molecule has 5 heteroatoms. The zero-order valence-corrected chi connectivity index (χ0v) is 13.0. The molecule has 0 aliphatic heterocycles. The van der Waals surface area contributed by atoms with Crippen LogP contribution in [0.5, 0.6) is 0 Å². The summed E-state index contributed by atoms with van der Waals surface area (Å²) in [5.41, 5.74) is 1.55. The molecule has 0 aromatic heterocycles. The minimum atomic E-state index is -0.852. The molecule has 0 fully saturated rings. The molecule has 0 aliphatic rings. The molecule has 0 aliphatic carbocycles. The average molecular weight is 394 g/mol. The molecule has 0 bridgehead atoms. The lowest BCUT2D eigenvalue weighted by Crippen LogP contribution is -2.18. The Labute approximate surface area is 129 Å². The quantitative estimate of drug-likeness (QED) is 0.756. The molecule has 1 N–H and O–H groups in total. The van der Waals surface area contributed by atoms with Gasteiger partial charge in [-0.15, -0.1) is 0 Å². The molecule has 19 heavy (non-hydrogen) atoms. The highest BCUT2D eigenvalue weighted by Gasteiger charge is 2.15. The Hall–Kier alpha value is -0.720. The van der Waals surface area contributed by atoms with E-state index >= 15 is 0 Å². The molecule has 0 saturated heterocycles. The van der Waals surface area contributed by atoms with Gasteiger partial charge in [-0.05, 0) is 65.0 Å². The lowest BCUT2D eigenvalue weighted by molar-refractivity contribution is 0.505. The Morgan fingerprint density at radius 1 is 1.05 bits per heavy atom. The monoisotopic (exact) mass is 393 g/mol. The van der Waals surface area contributed by atoms with E-state index in [1.54, 1.807) is 13.1 Å². The molecule has 0 amide bonds. The van der Waals surface area contributed by atoms with Crippen molar-refractivity contribution in [3.8, 4) is 0 Å². The van der Waals surface area contributed by atoms with Gasteiger partial charge in [-0.1, -0.05) is 23.7 Å². The van der Waals surface area contributed by atoms with Crippen LogP contribution in [0.2, 0.25) is 5.02 Å². The third-order valence-corrected chi connectivity index (χ3v) is 4.41. The normalized spacial score (nSPS) is 12.5. The second kappa shape index (κ2) is 6.15. The third kappa shape index (κ3) is 3.24. The first-order chi connectivity index (χ1) is 9.02. The molecule has 0 heterocycles. The van der Waals surface area contributed by atoms with Crippen LogP contribution in [0.15, 0.2) is 36.4 Å². The largest absolute Gasteiger partial charge is 0.309 e. The van der Waals surface area contributed by atoms with Gasteiger partial charge < -0.3 is 5.32 Å². The predicted molar refractivity (Wildman–Crippen MR) is 81.4 cm³/mol. The van der Waals surface area contributed by atoms with Gasteiger partial charge in [0, 0.05) is 3.57 Å². The Kier molecular flexibility index (Phi) is 4.76. The summed E-state index contributed by atoms with van der Waals surface area (Å²) in [6.45, 7) is 0. The molecule has 0 radical (unpaired) electrons. The fraction of sp³-hybridized carbons (Fsp3) is 0.143. The van der Waals surface area contributed by atoms with Crippen molar-refractivity contribution in [2.75, 3.05) is 7.05 Å². The maximum absolute atomic E-state index is 13.3. The van der Waals surface area contributed by atoms with E-state index in [-0.39, 0.29) is 6.04 Å². The van der Waals surface area contributed by atoms with E-state index in [0.29, 0.717) is 10.6 Å². The average Bonchev–Trinajstić information content (AvgIpc) is 2.39. The van der Waals surface area contributed by atoms with Gasteiger partial charge in [0.1, 0.15) is 0 Å². The first kappa shape index (κ1) is 14.7. The predicted octanol–water partition coefficient (Wildman–Crippen LogP) is 4.53. The van der Waals surface area contributed by atoms with Crippen LogP contribution in [0.4, 0.5) is 8.78 Å². The molecule has 0 spiro atoms. The molecular weight excluding hydrogens is 383 g/mol. The second-order valence-corrected chi connectivity index (χ2v) is 5.64. The van der Waals surface area contributed by atoms with Crippen LogP contribution < -0.4 is 5.32 Å². The maximum Gasteiger partial charge on any atom is 0.159 e. The van der Waals surface area contributed by atoms with Gasteiger partial charge in [-0.25, -0.2) is 8.78 Å². The van der Waals surface area contributed by atoms with E-state index in [9.17, 15) is 8.78 Å². The van der Waals surface area contributed by atoms with Crippen molar-refractivity contribution in [3.05, 3.63) is 67.8 Å². The van der Waals surface area contributed by atoms with Crippen molar-refractivity contribution in [2.24, 2.45) is 0 Å². The lowest BCUT2D eigenvalue weighted by Gasteiger charge is -2.18. The number of hydrogen-bond acceptors (Lipinski definition) is 1. The summed E-state index contributed by atoms with van der Waals surface area (Å²) in [7, 11) is 1.76. The molecule has 1 unspecified atom stereocenters. The van der Waals surface area contributed by atoms with Crippen molar-refractivity contribution in [1.29, 1.82) is 0 Å². The van der Waals surface area contributed by atoms with Crippen LogP contribution in [-0.2, 0) is 0 Å². The smallest absolute Gasteiger partial charge is 0.159 e. The van der Waals surface area contributed by atoms with Gasteiger partial charge in [-0.2, -0.15) is 0 Å². The van der Waals surface area contributed by atoms with Gasteiger partial charge in [0.15, 0.2) is 11.6 Å². The van der Waals surface area contributed by atoms with E-state index in [1.807, 2.05) is 18.2 Å². The lowest BCUT2D eigenvalue weighted by atomic mass is 9.99. The van der Waals surface area contributed by atoms with E-state index in [0.717, 1.165) is 15.2 Å². The highest BCUT2D eigenvalue weighted by Crippen LogP contribution is 2.27. The van der Waals surface area contributed by atoms with Gasteiger partial charge in [0.2, 0.25) is 0 Å². The van der Waals surface area contributed by atoms with Crippen molar-refractivity contribution in [3.63, 3.8) is 0 Å². The zero-order valence-electron chi connectivity index (χ0n) is 10.1. The minimum Gasteiger partial charge on any atom is -0.309 e. The van der Waals surface area contributed by atoms with E-state index in [4.69, 9.17) is 11.6 Å². The fourth-order valence-electron chi connectivity index (χ4n) is 1.91. The van der Waals surface area contributed by atoms with Crippen molar-refractivity contribution in [1.82, 2.24) is 5.32 Å². The summed E-state index contributed by atoms with van der Waals surface area (Å²) in [5, 5.41) is 3.72. The van der Waals surface area contributed by atoms with Crippen LogP contribution in [0.1, 0.15) is 17.2 Å². The summed E-state index contributed by atoms with van der Waals surface area (Å²) >= 11 is 8.23. The zero-order chi connectivity index (χ0) is 14.0. The summed E-state index contributed by atoms with van der Waals surface area (Å²) in [4.78, 5) is 0. The Balaban J connectivity index is 2.43. The Morgan fingerprint density at radius 3 is 2.26 bits per heavy atom. The molecule has 2 aromatic carbocycles. The van der Waals surface area contributed by atoms with Crippen LogP contribution >= 0.6 is 34.2 Å². The number of benzene rings is 2. The van der Waals surface area contributed by atoms with Gasteiger partial charge in [-0.3, -0.25) is 0 Å². The Bertz CT molecular complexity index is 552. The number of halogens is 4. The van der Waals surface area contributed by atoms with Crippen LogP contribution in [-0.4, -0.2) is 7.05 Å². The van der Waals surface area contributed by atoms with E-state index < -0.39 is 11.6 Å². The van der Waals surface area contributed by atoms with Crippen molar-refractivity contribution < 1.29 is 8.78 Å². The SMILES string of the molecule is CNC(c1ccc(F)c(F)c1)c1ccc(I)c(Cl)c1. The molecule has 1 nitrogen and oxygen atoms in total. The Morgan fingerprint density at radius 2 is 1.68 bits per heavy atom. The standard InChI is InChI=1S/C14H11ClF2IN/c1-19-14(8-3-5-13(18)10(15)6-8)9-2-4-11(16)12(17)7-9/h2-7,14,19H,1H3. The third-order valence-electron chi connectivity index (χ3n) is 2.84. The van der Waals surface area contributed by atoms with Crippen molar-refractivity contribution >= 4 is 34.2 Å². The molecule has 2 aromatic rings. The van der Waals surface area contributed by atoms with Crippen molar-refractivity contribution in [2.45, 2.75) is 6.04 Å². The van der Waals surface area contributed by atoms with Crippen LogP contribution in [0.25, 0.3) is 0 Å². The topological polar surface area (TPSA) is 12.0 Å². The first-order valence-electron chi connectivity index (χ1n) is 5.60. The number of hydrogen-bond donors (Lipinski definition) is 1. The summed E-state index contributed by atoms with van der Waals surface area (Å²) < 4.78 is 27.2. The summed E-state index contributed by atoms with van der Waals surface area (Å²) in [6.07, 6.45) is 0. The summed E-state index contributed by atoms with van der Waals surface area (Å²) in [5.74, 6) is -1.70. The first-order valence-corrected chi connectivity index (χ1v) is 7.05. The number of rotatable bonds is 3. The molecule has 100 valence electrons. The highest BCUT2D eigenvalue weighted by molar-refractivity contribution is 14.1. The van der Waals surface area contributed by atoms with Crippen LogP contribution in [0, 0.1) is 15.2 Å². The molecule has 1 atom stereocenters. The van der Waals surface area contributed by atoms with E-state index in [1.165, 1.54) is 6.07 Å². The van der Waals surface area contributed by atoms with Crippen LogP contribution in [0.3, 0.4) is 0 Å². The summed E-state index contributed by atoms with van der Waals surface area (Å²) in [6, 6.07) is 9.28. The second-order valence-electron chi connectivity index (χ2n) is 4.07. The maximum atomic E-state index is 13.3. The molecular formula is C14H11ClF2IN. The van der Waals surface area contributed by atoms with Gasteiger partial charge >= 0.3 is 0 Å². The molecule has 0 saturated carbocycles. The van der Waals surface area contributed by atoms with Gasteiger partial charge in [0.25, 0.3) is 0 Å². The van der Waals surface area contributed by atoms with Gasteiger partial charge in [0.05, 0.1) is 11.1 Å². The minimum absolute atomic E-state index is 0.232. The van der Waals surface area contributed by atoms with E-state index in [2.05, 4.69) is 27.9 Å². The fourth-order valence-corrected chi connectivity index (χ4v) is 2.43. The highest BCUT2D eigenvalue weighted by atomic mass is 127.